The summed E-state index contributed by atoms with van der Waals surface area (Å²) in [7, 11) is -3.80. The van der Waals surface area contributed by atoms with Crippen LogP contribution in [-0.2, 0) is 21.1 Å². The van der Waals surface area contributed by atoms with Crippen molar-refractivity contribution in [1.29, 1.82) is 0 Å². The molecule has 0 N–H and O–H groups in total. The predicted octanol–water partition coefficient (Wildman–Crippen LogP) is 4.75. The Kier molecular flexibility index (Phi) is 5.63. The number of nitrogens with zero attached hydrogens (tertiary/aromatic N) is 1. The van der Waals surface area contributed by atoms with E-state index in [1.54, 1.807) is 18.2 Å². The minimum atomic E-state index is -3.80. The molecule has 0 bridgehead atoms. The maximum atomic E-state index is 14.8. The Labute approximate surface area is 187 Å². The molecule has 5 nitrogen and oxygen atoms in total. The molecule has 31 heavy (non-hydrogen) atoms. The summed E-state index contributed by atoms with van der Waals surface area (Å²) < 4.78 is 39.7. The first kappa shape index (κ1) is 21.5. The van der Waals surface area contributed by atoms with Gasteiger partial charge in [0.15, 0.2) is 15.6 Å². The highest BCUT2D eigenvalue weighted by molar-refractivity contribution is 7.94. The molecule has 1 aromatic heterocycles. The topological polar surface area (TPSA) is 80.6 Å². The van der Waals surface area contributed by atoms with Gasteiger partial charge in [-0.1, -0.05) is 23.7 Å². The van der Waals surface area contributed by atoms with E-state index in [0.29, 0.717) is 21.2 Å². The SMILES string of the molecule is Cc1ccc2c(c1)N=C(c1ccc(CC(=O)CS(=O)(=O)c3ccc(Cl)s3)cc1F)C2=O. The molecule has 2 heterocycles. The molecular weight excluding hydrogens is 461 g/mol. The average molecular weight is 476 g/mol. The van der Waals surface area contributed by atoms with Crippen LogP contribution >= 0.6 is 22.9 Å². The fraction of sp³-hybridized carbons (Fsp3) is 0.136. The normalized spacial score (nSPS) is 13.3. The summed E-state index contributed by atoms with van der Waals surface area (Å²) in [5.41, 5.74) is 2.20. The van der Waals surface area contributed by atoms with Gasteiger partial charge in [0, 0.05) is 17.5 Å². The quantitative estimate of drug-likeness (QED) is 0.515. The lowest BCUT2D eigenvalue weighted by Crippen LogP contribution is -2.18. The number of carbonyl (C=O) groups is 2. The maximum absolute atomic E-state index is 14.8. The van der Waals surface area contributed by atoms with Crippen LogP contribution in [0.2, 0.25) is 4.34 Å². The minimum absolute atomic E-state index is 0.00753. The van der Waals surface area contributed by atoms with Crippen molar-refractivity contribution in [3.63, 3.8) is 0 Å². The highest BCUT2D eigenvalue weighted by Crippen LogP contribution is 2.31. The number of thiophene rings is 1. The molecule has 0 fully saturated rings. The Bertz CT molecular complexity index is 1380. The van der Waals surface area contributed by atoms with Gasteiger partial charge in [-0.3, -0.25) is 9.59 Å². The summed E-state index contributed by atoms with van der Waals surface area (Å²) in [6, 6.07) is 12.0. The Hall–Kier alpha value is -2.68. The fourth-order valence-corrected chi connectivity index (χ4v) is 6.11. The molecule has 0 saturated carbocycles. The number of carbonyl (C=O) groups excluding carboxylic acids is 2. The summed E-state index contributed by atoms with van der Waals surface area (Å²) in [6.45, 7) is 1.87. The van der Waals surface area contributed by atoms with Gasteiger partial charge in [0.2, 0.25) is 5.78 Å². The van der Waals surface area contributed by atoms with Gasteiger partial charge in [0.05, 0.1) is 10.0 Å². The first-order chi connectivity index (χ1) is 14.6. The molecule has 9 heteroatoms. The molecule has 1 aliphatic rings. The van der Waals surface area contributed by atoms with Gasteiger partial charge < -0.3 is 0 Å². The average Bonchev–Trinajstić information content (AvgIpc) is 3.25. The van der Waals surface area contributed by atoms with Crippen LogP contribution < -0.4 is 0 Å². The molecule has 0 unspecified atom stereocenters. The van der Waals surface area contributed by atoms with Gasteiger partial charge in [-0.05, 0) is 54.4 Å². The lowest BCUT2D eigenvalue weighted by Gasteiger charge is -2.06. The van der Waals surface area contributed by atoms with E-state index in [9.17, 15) is 22.4 Å². The second-order valence-corrected chi connectivity index (χ2v) is 11.1. The Morgan fingerprint density at radius 2 is 1.84 bits per heavy atom. The van der Waals surface area contributed by atoms with E-state index in [1.165, 1.54) is 24.3 Å². The van der Waals surface area contributed by atoms with Gasteiger partial charge in [0.1, 0.15) is 21.5 Å². The third-order valence-corrected chi connectivity index (χ3v) is 8.23. The smallest absolute Gasteiger partial charge is 0.214 e. The maximum Gasteiger partial charge on any atom is 0.214 e. The number of benzene rings is 2. The van der Waals surface area contributed by atoms with Gasteiger partial charge in [-0.2, -0.15) is 0 Å². The molecule has 0 atom stereocenters. The zero-order valence-electron chi connectivity index (χ0n) is 16.2. The molecule has 0 spiro atoms. The molecule has 0 saturated heterocycles. The number of sulfone groups is 1. The summed E-state index contributed by atoms with van der Waals surface area (Å²) >= 11 is 6.64. The number of Topliss-reactive ketones (excluding diaryl/α,β-unsaturated/α-hetero) is 2. The second-order valence-electron chi connectivity index (χ2n) is 7.16. The van der Waals surface area contributed by atoms with E-state index in [-0.39, 0.29) is 27.7 Å². The van der Waals surface area contributed by atoms with Gasteiger partial charge >= 0.3 is 0 Å². The number of ketones is 2. The van der Waals surface area contributed by atoms with E-state index in [2.05, 4.69) is 4.99 Å². The highest BCUT2D eigenvalue weighted by Gasteiger charge is 2.28. The standard InChI is InChI=1S/C22H15ClFNO4S2/c1-12-2-4-16-18(8-12)25-21(22(16)27)15-5-3-13(10-17(15)24)9-14(26)11-31(28,29)20-7-6-19(23)30-20/h2-8,10H,9,11H2,1H3. The molecule has 158 valence electrons. The first-order valence-corrected chi connectivity index (χ1v) is 12.0. The van der Waals surface area contributed by atoms with Crippen molar-refractivity contribution in [2.45, 2.75) is 17.6 Å². The summed E-state index contributed by atoms with van der Waals surface area (Å²) in [4.78, 5) is 29.1. The number of fused-ring (bicyclic) bond motifs is 1. The van der Waals surface area contributed by atoms with Crippen molar-refractivity contribution < 1.29 is 22.4 Å². The number of rotatable bonds is 6. The van der Waals surface area contributed by atoms with Crippen molar-refractivity contribution in [3.8, 4) is 0 Å². The van der Waals surface area contributed by atoms with E-state index >= 15 is 0 Å². The largest absolute Gasteiger partial charge is 0.298 e. The third kappa shape index (κ3) is 4.37. The minimum Gasteiger partial charge on any atom is -0.298 e. The third-order valence-electron chi connectivity index (χ3n) is 4.74. The lowest BCUT2D eigenvalue weighted by molar-refractivity contribution is -0.116. The van der Waals surface area contributed by atoms with Crippen LogP contribution in [0.15, 0.2) is 57.7 Å². The van der Waals surface area contributed by atoms with E-state index in [1.807, 2.05) is 6.92 Å². The predicted molar refractivity (Wildman–Crippen MR) is 118 cm³/mol. The van der Waals surface area contributed by atoms with Crippen molar-refractivity contribution in [3.05, 3.63) is 80.9 Å². The molecule has 4 rings (SSSR count). The molecule has 3 aromatic rings. The van der Waals surface area contributed by atoms with Crippen molar-refractivity contribution >= 4 is 55.7 Å². The number of hydrogen-bond acceptors (Lipinski definition) is 6. The zero-order valence-corrected chi connectivity index (χ0v) is 18.6. The number of aliphatic imine (C=N–C) groups is 1. The second kappa shape index (κ2) is 8.11. The van der Waals surface area contributed by atoms with Crippen LogP contribution in [0.25, 0.3) is 0 Å². The van der Waals surface area contributed by atoms with E-state index < -0.39 is 27.2 Å². The summed E-state index contributed by atoms with van der Waals surface area (Å²) in [5, 5.41) is 0. The number of halogens is 2. The van der Waals surface area contributed by atoms with E-state index in [4.69, 9.17) is 11.6 Å². The Morgan fingerprint density at radius 3 is 2.52 bits per heavy atom. The van der Waals surface area contributed by atoms with Crippen LogP contribution in [0, 0.1) is 12.7 Å². The zero-order chi connectivity index (χ0) is 22.3. The van der Waals surface area contributed by atoms with Crippen LogP contribution in [-0.4, -0.2) is 31.4 Å². The molecule has 0 amide bonds. The van der Waals surface area contributed by atoms with Crippen LogP contribution in [0.3, 0.4) is 0 Å². The Morgan fingerprint density at radius 1 is 1.10 bits per heavy atom. The number of hydrogen-bond donors (Lipinski definition) is 0. The van der Waals surface area contributed by atoms with Crippen molar-refractivity contribution in [1.82, 2.24) is 0 Å². The van der Waals surface area contributed by atoms with Crippen LogP contribution in [0.1, 0.15) is 27.0 Å². The highest BCUT2D eigenvalue weighted by atomic mass is 35.5. The van der Waals surface area contributed by atoms with Gasteiger partial charge in [0.25, 0.3) is 0 Å². The van der Waals surface area contributed by atoms with Crippen LogP contribution in [0.5, 0.6) is 0 Å². The summed E-state index contributed by atoms with van der Waals surface area (Å²) in [5.74, 6) is -2.34. The summed E-state index contributed by atoms with van der Waals surface area (Å²) in [6.07, 6.45) is -0.255. The molecule has 0 aliphatic carbocycles. The van der Waals surface area contributed by atoms with Crippen molar-refractivity contribution in [2.24, 2.45) is 4.99 Å². The lowest BCUT2D eigenvalue weighted by atomic mass is 9.99. The first-order valence-electron chi connectivity index (χ1n) is 9.17. The van der Waals surface area contributed by atoms with Gasteiger partial charge in [-0.15, -0.1) is 11.3 Å². The van der Waals surface area contributed by atoms with Gasteiger partial charge in [-0.25, -0.2) is 17.8 Å². The Balaban J connectivity index is 1.51. The molecule has 2 aromatic carbocycles. The molecular formula is C22H15ClFNO4S2. The molecule has 1 aliphatic heterocycles. The molecule has 0 radical (unpaired) electrons. The monoisotopic (exact) mass is 475 g/mol. The van der Waals surface area contributed by atoms with Crippen LogP contribution in [0.4, 0.5) is 10.1 Å². The number of aryl methyl sites for hydroxylation is 1. The van der Waals surface area contributed by atoms with E-state index in [0.717, 1.165) is 23.0 Å². The van der Waals surface area contributed by atoms with Crippen molar-refractivity contribution in [2.75, 3.05) is 5.75 Å². The fourth-order valence-electron chi connectivity index (χ4n) is 3.29.